The van der Waals surface area contributed by atoms with E-state index in [1.54, 1.807) is 13.0 Å². The molecule has 0 saturated heterocycles. The van der Waals surface area contributed by atoms with Crippen LogP contribution in [0.3, 0.4) is 0 Å². The Morgan fingerprint density at radius 2 is 1.78 bits per heavy atom. The monoisotopic (exact) mass is 473 g/mol. The first-order valence-corrected chi connectivity index (χ1v) is 11.1. The van der Waals surface area contributed by atoms with Gasteiger partial charge in [0.15, 0.2) is 17.4 Å². The molecule has 0 aliphatic carbocycles. The average Bonchev–Trinajstić information content (AvgIpc) is 3.40. The Balaban J connectivity index is 1.67. The molecule has 0 spiro atoms. The summed E-state index contributed by atoms with van der Waals surface area (Å²) in [6.07, 6.45) is 0. The lowest BCUT2D eigenvalue weighted by Crippen LogP contribution is -2.22. The van der Waals surface area contributed by atoms with E-state index in [9.17, 15) is 19.2 Å². The van der Waals surface area contributed by atoms with E-state index in [2.05, 4.69) is 15.6 Å². The average molecular weight is 474 g/mol. The molecule has 0 aliphatic heterocycles. The van der Waals surface area contributed by atoms with Crippen molar-refractivity contribution in [3.05, 3.63) is 52.3 Å². The zero-order chi connectivity index (χ0) is 23.1. The molecule has 2 aromatic heterocycles. The zero-order valence-electron chi connectivity index (χ0n) is 17.2. The van der Waals surface area contributed by atoms with Gasteiger partial charge in [0.25, 0.3) is 5.91 Å². The molecule has 0 bridgehead atoms. The quantitative estimate of drug-likeness (QED) is 0.477. The maximum absolute atomic E-state index is 12.4. The van der Waals surface area contributed by atoms with Gasteiger partial charge >= 0.3 is 11.9 Å². The largest absolute Gasteiger partial charge is 0.462 e. The van der Waals surface area contributed by atoms with Crippen molar-refractivity contribution in [1.29, 1.82) is 0 Å². The highest BCUT2D eigenvalue weighted by Gasteiger charge is 2.21. The van der Waals surface area contributed by atoms with Gasteiger partial charge in [-0.05, 0) is 18.6 Å². The Kier molecular flexibility index (Phi) is 7.68. The fourth-order valence-corrected chi connectivity index (χ4v) is 4.28. The van der Waals surface area contributed by atoms with E-state index >= 15 is 0 Å². The van der Waals surface area contributed by atoms with Crippen molar-refractivity contribution in [2.24, 2.45) is 0 Å². The Labute approximate surface area is 191 Å². The molecule has 3 rings (SSSR count). The Morgan fingerprint density at radius 3 is 2.47 bits per heavy atom. The van der Waals surface area contributed by atoms with Gasteiger partial charge in [0.05, 0.1) is 12.3 Å². The summed E-state index contributed by atoms with van der Waals surface area (Å²) in [6, 6.07) is 11.1. The number of esters is 2. The number of carbonyl (C=O) groups is 4. The van der Waals surface area contributed by atoms with Gasteiger partial charge in [0.2, 0.25) is 5.91 Å². The predicted octanol–water partition coefficient (Wildman–Crippen LogP) is 3.80. The third kappa shape index (κ3) is 5.99. The number of aromatic nitrogens is 1. The van der Waals surface area contributed by atoms with Crippen LogP contribution in [0.4, 0.5) is 10.8 Å². The fraction of sp³-hybridized carbons (Fsp3) is 0.190. The highest BCUT2D eigenvalue weighted by Crippen LogP contribution is 2.35. The van der Waals surface area contributed by atoms with Crippen LogP contribution in [0, 0.1) is 0 Å². The minimum atomic E-state index is -0.811. The second-order valence-electron chi connectivity index (χ2n) is 6.28. The van der Waals surface area contributed by atoms with Crippen molar-refractivity contribution in [3.63, 3.8) is 0 Å². The van der Waals surface area contributed by atoms with E-state index in [0.29, 0.717) is 0 Å². The summed E-state index contributed by atoms with van der Waals surface area (Å²) in [4.78, 5) is 52.8. The summed E-state index contributed by atoms with van der Waals surface area (Å²) in [7, 11) is 0. The second kappa shape index (κ2) is 10.6. The molecule has 2 N–H and O–H groups in total. The maximum Gasteiger partial charge on any atom is 0.358 e. The number of nitrogens with one attached hydrogen (secondary N) is 2. The first kappa shape index (κ1) is 23.1. The van der Waals surface area contributed by atoms with Crippen LogP contribution in [-0.4, -0.2) is 42.0 Å². The lowest BCUT2D eigenvalue weighted by Gasteiger charge is -2.06. The van der Waals surface area contributed by atoms with Gasteiger partial charge in [-0.15, -0.1) is 22.7 Å². The highest BCUT2D eigenvalue weighted by atomic mass is 32.1. The number of rotatable bonds is 8. The number of nitrogens with zero attached hydrogens (tertiary/aromatic N) is 1. The number of hydrogen-bond donors (Lipinski definition) is 2. The van der Waals surface area contributed by atoms with Crippen molar-refractivity contribution < 1.29 is 28.7 Å². The van der Waals surface area contributed by atoms with Gasteiger partial charge in [-0.2, -0.15) is 0 Å². The lowest BCUT2D eigenvalue weighted by atomic mass is 10.2. The second-order valence-corrected chi connectivity index (χ2v) is 8.19. The zero-order valence-corrected chi connectivity index (χ0v) is 18.8. The lowest BCUT2D eigenvalue weighted by molar-refractivity contribution is -0.119. The van der Waals surface area contributed by atoms with Gasteiger partial charge in [-0.1, -0.05) is 30.3 Å². The standard InChI is InChI=1S/C21H19N3O6S2/c1-3-29-20(28)18-14(9-16(32-18)13-7-5-4-6-8-13)23-17(26)10-30-19(27)15-11-31-21(24-15)22-12(2)25/h4-9,11H,3,10H2,1-2H3,(H,23,26)(H,22,24,25). The molecule has 3 aromatic rings. The van der Waals surface area contributed by atoms with E-state index in [-0.39, 0.29) is 33.9 Å². The molecule has 0 atom stereocenters. The molecule has 0 unspecified atom stereocenters. The molecule has 11 heteroatoms. The number of amides is 2. The molecular weight excluding hydrogens is 454 g/mol. The number of anilines is 2. The summed E-state index contributed by atoms with van der Waals surface area (Å²) in [5.74, 6) is -2.31. The van der Waals surface area contributed by atoms with Crippen LogP contribution < -0.4 is 10.6 Å². The van der Waals surface area contributed by atoms with Crippen LogP contribution >= 0.6 is 22.7 Å². The van der Waals surface area contributed by atoms with Crippen LogP contribution in [-0.2, 0) is 19.1 Å². The normalized spacial score (nSPS) is 10.3. The van der Waals surface area contributed by atoms with Crippen LogP contribution in [0.25, 0.3) is 10.4 Å². The number of carbonyl (C=O) groups excluding carboxylic acids is 4. The highest BCUT2D eigenvalue weighted by molar-refractivity contribution is 7.18. The molecule has 9 nitrogen and oxygen atoms in total. The molecule has 0 aliphatic rings. The molecule has 2 amide bonds. The van der Waals surface area contributed by atoms with Crippen molar-refractivity contribution in [3.8, 4) is 10.4 Å². The van der Waals surface area contributed by atoms with Gasteiger partial charge in [-0.25, -0.2) is 14.6 Å². The smallest absolute Gasteiger partial charge is 0.358 e. The molecule has 0 saturated carbocycles. The van der Waals surface area contributed by atoms with E-state index in [0.717, 1.165) is 21.8 Å². The maximum atomic E-state index is 12.4. The van der Waals surface area contributed by atoms with Gasteiger partial charge < -0.3 is 20.1 Å². The number of thiazole rings is 1. The van der Waals surface area contributed by atoms with Crippen LogP contribution in [0.15, 0.2) is 41.8 Å². The van der Waals surface area contributed by atoms with Crippen molar-refractivity contribution in [2.75, 3.05) is 23.8 Å². The molecule has 0 radical (unpaired) electrons. The third-order valence-electron chi connectivity index (χ3n) is 3.86. The number of hydrogen-bond acceptors (Lipinski definition) is 9. The predicted molar refractivity (Wildman–Crippen MR) is 121 cm³/mol. The van der Waals surface area contributed by atoms with E-state index in [1.165, 1.54) is 23.6 Å². The minimum Gasteiger partial charge on any atom is -0.462 e. The van der Waals surface area contributed by atoms with E-state index in [4.69, 9.17) is 9.47 Å². The molecular formula is C21H19N3O6S2. The van der Waals surface area contributed by atoms with E-state index < -0.39 is 24.5 Å². The van der Waals surface area contributed by atoms with Gasteiger partial charge in [0.1, 0.15) is 4.88 Å². The molecule has 2 heterocycles. The summed E-state index contributed by atoms with van der Waals surface area (Å²) in [5, 5.41) is 6.72. The Hall–Kier alpha value is -3.57. The fourth-order valence-electron chi connectivity index (χ4n) is 2.54. The topological polar surface area (TPSA) is 124 Å². The number of thiophene rings is 1. The number of ether oxygens (including phenoxy) is 2. The number of benzene rings is 1. The van der Waals surface area contributed by atoms with Gasteiger partial charge in [-0.3, -0.25) is 9.59 Å². The van der Waals surface area contributed by atoms with Crippen molar-refractivity contribution >= 4 is 57.2 Å². The molecule has 166 valence electrons. The summed E-state index contributed by atoms with van der Waals surface area (Å²) in [5.41, 5.74) is 1.13. The minimum absolute atomic E-state index is 0.0272. The SMILES string of the molecule is CCOC(=O)c1sc(-c2ccccc2)cc1NC(=O)COC(=O)c1csc(NC(C)=O)n1. The van der Waals surface area contributed by atoms with Crippen LogP contribution in [0.1, 0.15) is 34.0 Å². The Morgan fingerprint density at radius 1 is 1.03 bits per heavy atom. The van der Waals surface area contributed by atoms with Crippen LogP contribution in [0.2, 0.25) is 0 Å². The molecule has 0 fully saturated rings. The molecule has 1 aromatic carbocycles. The molecule has 32 heavy (non-hydrogen) atoms. The van der Waals surface area contributed by atoms with Crippen molar-refractivity contribution in [2.45, 2.75) is 13.8 Å². The summed E-state index contributed by atoms with van der Waals surface area (Å²) >= 11 is 2.25. The van der Waals surface area contributed by atoms with Crippen molar-refractivity contribution in [1.82, 2.24) is 4.98 Å². The first-order valence-electron chi connectivity index (χ1n) is 9.43. The first-order chi connectivity index (χ1) is 15.4. The third-order valence-corrected chi connectivity index (χ3v) is 5.78. The summed E-state index contributed by atoms with van der Waals surface area (Å²) < 4.78 is 10.1. The summed E-state index contributed by atoms with van der Waals surface area (Å²) in [6.45, 7) is 2.63. The van der Waals surface area contributed by atoms with Gasteiger partial charge in [0, 0.05) is 17.2 Å². The van der Waals surface area contributed by atoms with E-state index in [1.807, 2.05) is 30.3 Å². The Bertz CT molecular complexity index is 1140. The van der Waals surface area contributed by atoms with Crippen LogP contribution in [0.5, 0.6) is 0 Å².